The standard InChI is InChI=1S/C12H17BrN2/c1-9-6-7-15(8-10(9)2)12-5-3-4-11(13)14-12/h3-5,9-10H,6-8H2,1-2H3. The first-order valence-corrected chi connectivity index (χ1v) is 6.33. The van der Waals surface area contributed by atoms with Crippen molar-refractivity contribution in [1.29, 1.82) is 0 Å². The van der Waals surface area contributed by atoms with E-state index in [1.807, 2.05) is 6.07 Å². The van der Waals surface area contributed by atoms with E-state index in [0.717, 1.165) is 35.3 Å². The van der Waals surface area contributed by atoms with Crippen molar-refractivity contribution in [1.82, 2.24) is 4.98 Å². The summed E-state index contributed by atoms with van der Waals surface area (Å²) in [5.74, 6) is 2.70. The molecule has 0 aliphatic carbocycles. The van der Waals surface area contributed by atoms with Gasteiger partial charge < -0.3 is 4.90 Å². The second-order valence-corrected chi connectivity index (χ2v) is 5.32. The van der Waals surface area contributed by atoms with Gasteiger partial charge in [0.15, 0.2) is 0 Å². The van der Waals surface area contributed by atoms with Gasteiger partial charge in [-0.2, -0.15) is 0 Å². The summed E-state index contributed by atoms with van der Waals surface area (Å²) in [6.45, 7) is 6.94. The first-order valence-electron chi connectivity index (χ1n) is 5.54. The van der Waals surface area contributed by atoms with Crippen LogP contribution < -0.4 is 4.90 Å². The Bertz CT molecular complexity index is 340. The van der Waals surface area contributed by atoms with Crippen molar-refractivity contribution in [3.05, 3.63) is 22.8 Å². The molecule has 1 fully saturated rings. The van der Waals surface area contributed by atoms with Gasteiger partial charge >= 0.3 is 0 Å². The third kappa shape index (κ3) is 2.51. The molecule has 82 valence electrons. The Morgan fingerprint density at radius 1 is 1.33 bits per heavy atom. The number of halogens is 1. The summed E-state index contributed by atoms with van der Waals surface area (Å²) in [4.78, 5) is 6.88. The van der Waals surface area contributed by atoms with E-state index in [1.165, 1.54) is 6.42 Å². The highest BCUT2D eigenvalue weighted by molar-refractivity contribution is 9.10. The maximum atomic E-state index is 4.50. The topological polar surface area (TPSA) is 16.1 Å². The Labute approximate surface area is 99.8 Å². The van der Waals surface area contributed by atoms with E-state index < -0.39 is 0 Å². The number of hydrogen-bond acceptors (Lipinski definition) is 2. The number of rotatable bonds is 1. The smallest absolute Gasteiger partial charge is 0.129 e. The van der Waals surface area contributed by atoms with E-state index in [-0.39, 0.29) is 0 Å². The van der Waals surface area contributed by atoms with Crippen LogP contribution in [0, 0.1) is 11.8 Å². The van der Waals surface area contributed by atoms with Crippen molar-refractivity contribution in [3.63, 3.8) is 0 Å². The zero-order valence-electron chi connectivity index (χ0n) is 9.28. The minimum absolute atomic E-state index is 0.763. The Balaban J connectivity index is 2.12. The number of aromatic nitrogens is 1. The maximum absolute atomic E-state index is 4.50. The lowest BCUT2D eigenvalue weighted by atomic mass is 9.89. The molecule has 2 unspecified atom stereocenters. The molecule has 1 aromatic heterocycles. The summed E-state index contributed by atoms with van der Waals surface area (Å²) >= 11 is 3.42. The van der Waals surface area contributed by atoms with E-state index in [2.05, 4.69) is 51.8 Å². The highest BCUT2D eigenvalue weighted by Gasteiger charge is 2.23. The normalized spacial score (nSPS) is 26.7. The van der Waals surface area contributed by atoms with E-state index in [0.29, 0.717) is 0 Å². The lowest BCUT2D eigenvalue weighted by Gasteiger charge is -2.36. The summed E-state index contributed by atoms with van der Waals surface area (Å²) in [5, 5.41) is 0. The van der Waals surface area contributed by atoms with Crippen LogP contribution >= 0.6 is 15.9 Å². The summed E-state index contributed by atoms with van der Waals surface area (Å²) in [7, 11) is 0. The van der Waals surface area contributed by atoms with Gasteiger partial charge in [-0.1, -0.05) is 19.9 Å². The molecule has 2 atom stereocenters. The van der Waals surface area contributed by atoms with Crippen LogP contribution in [0.4, 0.5) is 5.82 Å². The number of pyridine rings is 1. The molecular weight excluding hydrogens is 252 g/mol. The van der Waals surface area contributed by atoms with E-state index in [9.17, 15) is 0 Å². The molecule has 1 aliphatic rings. The monoisotopic (exact) mass is 268 g/mol. The second-order valence-electron chi connectivity index (χ2n) is 4.51. The molecule has 0 aromatic carbocycles. The van der Waals surface area contributed by atoms with E-state index >= 15 is 0 Å². The number of hydrogen-bond donors (Lipinski definition) is 0. The molecule has 0 spiro atoms. The first kappa shape index (κ1) is 10.9. The second kappa shape index (κ2) is 4.52. The molecule has 0 bridgehead atoms. The lowest BCUT2D eigenvalue weighted by Crippen LogP contribution is -2.38. The van der Waals surface area contributed by atoms with Crippen LogP contribution in [-0.4, -0.2) is 18.1 Å². The molecule has 2 nitrogen and oxygen atoms in total. The summed E-state index contributed by atoms with van der Waals surface area (Å²) in [5.41, 5.74) is 0. The van der Waals surface area contributed by atoms with Crippen molar-refractivity contribution in [2.24, 2.45) is 11.8 Å². The summed E-state index contributed by atoms with van der Waals surface area (Å²) < 4.78 is 0.922. The van der Waals surface area contributed by atoms with Gasteiger partial charge in [-0.25, -0.2) is 4.98 Å². The van der Waals surface area contributed by atoms with Crippen LogP contribution in [0.1, 0.15) is 20.3 Å². The molecule has 0 saturated carbocycles. The van der Waals surface area contributed by atoms with Gasteiger partial charge in [0.2, 0.25) is 0 Å². The van der Waals surface area contributed by atoms with Gasteiger partial charge in [-0.3, -0.25) is 0 Å². The van der Waals surface area contributed by atoms with Crippen LogP contribution in [0.2, 0.25) is 0 Å². The van der Waals surface area contributed by atoms with Gasteiger partial charge in [0, 0.05) is 13.1 Å². The molecule has 1 aliphatic heterocycles. The van der Waals surface area contributed by atoms with Gasteiger partial charge in [-0.15, -0.1) is 0 Å². The Morgan fingerprint density at radius 3 is 2.80 bits per heavy atom. The third-order valence-corrected chi connectivity index (χ3v) is 3.80. The van der Waals surface area contributed by atoms with Crippen molar-refractivity contribution in [2.75, 3.05) is 18.0 Å². The van der Waals surface area contributed by atoms with Gasteiger partial charge in [0.25, 0.3) is 0 Å². The fourth-order valence-corrected chi connectivity index (χ4v) is 2.38. The number of anilines is 1. The van der Waals surface area contributed by atoms with Gasteiger partial charge in [0.1, 0.15) is 10.4 Å². The summed E-state index contributed by atoms with van der Waals surface area (Å²) in [6.07, 6.45) is 1.27. The quantitative estimate of drug-likeness (QED) is 0.727. The fourth-order valence-electron chi connectivity index (χ4n) is 2.04. The molecule has 1 aromatic rings. The Morgan fingerprint density at radius 2 is 2.13 bits per heavy atom. The number of piperidine rings is 1. The van der Waals surface area contributed by atoms with Crippen molar-refractivity contribution < 1.29 is 0 Å². The van der Waals surface area contributed by atoms with Crippen LogP contribution in [0.5, 0.6) is 0 Å². The molecule has 0 radical (unpaired) electrons. The largest absolute Gasteiger partial charge is 0.356 e. The molecule has 1 saturated heterocycles. The minimum Gasteiger partial charge on any atom is -0.356 e. The fraction of sp³-hybridized carbons (Fsp3) is 0.583. The van der Waals surface area contributed by atoms with Crippen LogP contribution in [-0.2, 0) is 0 Å². The van der Waals surface area contributed by atoms with Gasteiger partial charge in [-0.05, 0) is 46.3 Å². The molecule has 15 heavy (non-hydrogen) atoms. The average molecular weight is 269 g/mol. The molecular formula is C12H17BrN2. The van der Waals surface area contributed by atoms with Gasteiger partial charge in [0.05, 0.1) is 0 Å². The molecule has 2 rings (SSSR count). The molecule has 0 N–H and O–H groups in total. The minimum atomic E-state index is 0.763. The summed E-state index contributed by atoms with van der Waals surface area (Å²) in [6, 6.07) is 6.11. The Hall–Kier alpha value is -0.570. The molecule has 3 heteroatoms. The third-order valence-electron chi connectivity index (χ3n) is 3.36. The predicted octanol–water partition coefficient (Wildman–Crippen LogP) is 3.33. The zero-order valence-corrected chi connectivity index (χ0v) is 10.9. The van der Waals surface area contributed by atoms with E-state index in [1.54, 1.807) is 0 Å². The highest BCUT2D eigenvalue weighted by atomic mass is 79.9. The van der Waals surface area contributed by atoms with Crippen LogP contribution in [0.3, 0.4) is 0 Å². The van der Waals surface area contributed by atoms with Crippen LogP contribution in [0.25, 0.3) is 0 Å². The van der Waals surface area contributed by atoms with Crippen LogP contribution in [0.15, 0.2) is 22.8 Å². The number of nitrogens with zero attached hydrogens (tertiary/aromatic N) is 2. The molecule has 0 amide bonds. The average Bonchev–Trinajstić information content (AvgIpc) is 2.22. The van der Waals surface area contributed by atoms with Crippen molar-refractivity contribution >= 4 is 21.7 Å². The SMILES string of the molecule is CC1CCN(c2cccc(Br)n2)CC1C. The van der Waals surface area contributed by atoms with Crippen molar-refractivity contribution in [3.8, 4) is 0 Å². The zero-order chi connectivity index (χ0) is 10.8. The molecule has 2 heterocycles. The highest BCUT2D eigenvalue weighted by Crippen LogP contribution is 2.26. The lowest BCUT2D eigenvalue weighted by molar-refractivity contribution is 0.323. The maximum Gasteiger partial charge on any atom is 0.129 e. The van der Waals surface area contributed by atoms with E-state index in [4.69, 9.17) is 0 Å². The van der Waals surface area contributed by atoms with Crippen molar-refractivity contribution in [2.45, 2.75) is 20.3 Å². The first-order chi connectivity index (χ1) is 7.16. The predicted molar refractivity (Wildman–Crippen MR) is 67.1 cm³/mol. The Kier molecular flexibility index (Phi) is 3.29.